The van der Waals surface area contributed by atoms with E-state index in [1.807, 2.05) is 6.07 Å². The van der Waals surface area contributed by atoms with E-state index in [9.17, 15) is 18.8 Å². The van der Waals surface area contributed by atoms with Gasteiger partial charge in [0.25, 0.3) is 11.8 Å². The number of nitriles is 1. The molecule has 0 saturated carbocycles. The van der Waals surface area contributed by atoms with E-state index < -0.39 is 42.3 Å². The Balaban J connectivity index is 2.43. The summed E-state index contributed by atoms with van der Waals surface area (Å²) in [6, 6.07) is 7.32. The van der Waals surface area contributed by atoms with Crippen LogP contribution in [0.25, 0.3) is 0 Å². The fraction of sp³-hybridized carbons (Fsp3) is 0.412. The minimum atomic E-state index is -1.08. The van der Waals surface area contributed by atoms with Crippen molar-refractivity contribution in [2.75, 3.05) is 13.2 Å². The summed E-state index contributed by atoms with van der Waals surface area (Å²) < 4.78 is 18.1. The third-order valence-corrected chi connectivity index (χ3v) is 3.66. The Labute approximate surface area is 145 Å². The highest BCUT2D eigenvalue weighted by atomic mass is 19.1. The van der Waals surface area contributed by atoms with Crippen LogP contribution in [0.2, 0.25) is 0 Å². The summed E-state index contributed by atoms with van der Waals surface area (Å²) in [4.78, 5) is 35.1. The molecular formula is C17H20FN3O4. The number of benzene rings is 1. The average molecular weight is 349 g/mol. The van der Waals surface area contributed by atoms with Gasteiger partial charge in [0.2, 0.25) is 0 Å². The summed E-state index contributed by atoms with van der Waals surface area (Å²) in [6.07, 6.45) is 0. The van der Waals surface area contributed by atoms with Crippen molar-refractivity contribution in [3.8, 4) is 6.07 Å². The molecule has 2 N–H and O–H groups in total. The van der Waals surface area contributed by atoms with E-state index >= 15 is 0 Å². The summed E-state index contributed by atoms with van der Waals surface area (Å²) in [5, 5.41) is 13.8. The zero-order valence-electron chi connectivity index (χ0n) is 14.3. The van der Waals surface area contributed by atoms with E-state index in [-0.39, 0.29) is 11.5 Å². The third kappa shape index (κ3) is 5.88. The number of hydrogen-bond donors (Lipinski definition) is 2. The van der Waals surface area contributed by atoms with Gasteiger partial charge >= 0.3 is 5.97 Å². The van der Waals surface area contributed by atoms with Crippen LogP contribution in [0, 0.1) is 23.1 Å². The maximum Gasteiger partial charge on any atom is 0.325 e. The summed E-state index contributed by atoms with van der Waals surface area (Å²) in [5.74, 6) is -3.11. The standard InChI is InChI=1S/C17H20FN3O4/c1-11(2)17(3,10-19)21-14(22)9-25-15(23)8-20-16(24)12-6-4-5-7-13(12)18/h4-7,11H,8-9H2,1-3H3,(H,20,24)(H,21,22)/t17-/m1/s1. The van der Waals surface area contributed by atoms with Crippen LogP contribution in [0.3, 0.4) is 0 Å². The molecule has 1 rings (SSSR count). The van der Waals surface area contributed by atoms with E-state index in [0.29, 0.717) is 0 Å². The zero-order valence-corrected chi connectivity index (χ0v) is 14.3. The Bertz CT molecular complexity index is 699. The van der Waals surface area contributed by atoms with Gasteiger partial charge in [-0.3, -0.25) is 14.4 Å². The first-order chi connectivity index (χ1) is 11.7. The number of rotatable bonds is 7. The van der Waals surface area contributed by atoms with Gasteiger partial charge in [-0.2, -0.15) is 5.26 Å². The molecule has 0 radical (unpaired) electrons. The quantitative estimate of drug-likeness (QED) is 0.718. The van der Waals surface area contributed by atoms with Crippen molar-refractivity contribution in [3.63, 3.8) is 0 Å². The van der Waals surface area contributed by atoms with E-state index in [1.165, 1.54) is 18.2 Å². The normalized spacial score (nSPS) is 12.6. The summed E-state index contributed by atoms with van der Waals surface area (Å²) in [6.45, 7) is 4.01. The maximum absolute atomic E-state index is 13.4. The van der Waals surface area contributed by atoms with Crippen LogP contribution in [-0.2, 0) is 14.3 Å². The summed E-state index contributed by atoms with van der Waals surface area (Å²) in [5.41, 5.74) is -1.28. The molecule has 1 atom stereocenters. The van der Waals surface area contributed by atoms with Crippen molar-refractivity contribution in [3.05, 3.63) is 35.6 Å². The molecular weight excluding hydrogens is 329 g/mol. The van der Waals surface area contributed by atoms with Crippen LogP contribution in [0.5, 0.6) is 0 Å². The highest BCUT2D eigenvalue weighted by Gasteiger charge is 2.30. The van der Waals surface area contributed by atoms with Crippen molar-refractivity contribution in [2.45, 2.75) is 26.3 Å². The Hall–Kier alpha value is -2.95. The molecule has 0 saturated heterocycles. The number of carbonyl (C=O) groups excluding carboxylic acids is 3. The number of carbonyl (C=O) groups is 3. The van der Waals surface area contributed by atoms with Crippen molar-refractivity contribution >= 4 is 17.8 Å². The number of nitrogens with zero attached hydrogens (tertiary/aromatic N) is 1. The second-order valence-corrected chi connectivity index (χ2v) is 5.84. The lowest BCUT2D eigenvalue weighted by molar-refractivity contribution is -0.147. The number of halogens is 1. The van der Waals surface area contributed by atoms with Gasteiger partial charge < -0.3 is 15.4 Å². The van der Waals surface area contributed by atoms with Crippen LogP contribution >= 0.6 is 0 Å². The molecule has 0 fully saturated rings. The van der Waals surface area contributed by atoms with Gasteiger partial charge in [-0.15, -0.1) is 0 Å². The largest absolute Gasteiger partial charge is 0.454 e. The van der Waals surface area contributed by atoms with Crippen molar-refractivity contribution < 1.29 is 23.5 Å². The molecule has 134 valence electrons. The van der Waals surface area contributed by atoms with Gasteiger partial charge in [0.1, 0.15) is 17.9 Å². The third-order valence-electron chi connectivity index (χ3n) is 3.66. The fourth-order valence-electron chi connectivity index (χ4n) is 1.72. The second-order valence-electron chi connectivity index (χ2n) is 5.84. The van der Waals surface area contributed by atoms with Gasteiger partial charge in [0, 0.05) is 0 Å². The van der Waals surface area contributed by atoms with E-state index in [0.717, 1.165) is 6.07 Å². The molecule has 0 aliphatic carbocycles. The van der Waals surface area contributed by atoms with Gasteiger partial charge in [-0.25, -0.2) is 4.39 Å². The molecule has 0 aliphatic rings. The average Bonchev–Trinajstić information content (AvgIpc) is 2.57. The van der Waals surface area contributed by atoms with E-state index in [1.54, 1.807) is 20.8 Å². The molecule has 1 aromatic rings. The van der Waals surface area contributed by atoms with Gasteiger partial charge in [-0.05, 0) is 25.0 Å². The number of esters is 1. The molecule has 0 heterocycles. The minimum Gasteiger partial charge on any atom is -0.454 e. The molecule has 2 amide bonds. The molecule has 0 unspecified atom stereocenters. The lowest BCUT2D eigenvalue weighted by Crippen LogP contribution is -2.50. The first-order valence-corrected chi connectivity index (χ1v) is 7.60. The van der Waals surface area contributed by atoms with Crippen molar-refractivity contribution in [1.82, 2.24) is 10.6 Å². The minimum absolute atomic E-state index is 0.141. The van der Waals surface area contributed by atoms with Gasteiger partial charge in [0.05, 0.1) is 11.6 Å². The van der Waals surface area contributed by atoms with Crippen LogP contribution in [0.15, 0.2) is 24.3 Å². The molecule has 1 aromatic carbocycles. The molecule has 0 aliphatic heterocycles. The molecule has 0 spiro atoms. The number of hydrogen-bond acceptors (Lipinski definition) is 5. The predicted molar refractivity (Wildman–Crippen MR) is 86.7 cm³/mol. The number of amides is 2. The second kappa shape index (κ2) is 8.78. The first-order valence-electron chi connectivity index (χ1n) is 7.60. The number of nitrogens with one attached hydrogen (secondary N) is 2. The summed E-state index contributed by atoms with van der Waals surface area (Å²) in [7, 11) is 0. The van der Waals surface area contributed by atoms with E-state index in [2.05, 4.69) is 10.6 Å². The molecule has 7 nitrogen and oxygen atoms in total. The fourth-order valence-corrected chi connectivity index (χ4v) is 1.72. The highest BCUT2D eigenvalue weighted by molar-refractivity contribution is 5.96. The van der Waals surface area contributed by atoms with Crippen molar-refractivity contribution in [1.29, 1.82) is 5.26 Å². The van der Waals surface area contributed by atoms with Crippen LogP contribution in [-0.4, -0.2) is 36.5 Å². The Kier molecular flexibility index (Phi) is 7.06. The summed E-state index contributed by atoms with van der Waals surface area (Å²) >= 11 is 0. The van der Waals surface area contributed by atoms with Gasteiger partial charge in [-0.1, -0.05) is 26.0 Å². The first kappa shape index (κ1) is 20.1. The lowest BCUT2D eigenvalue weighted by atomic mass is 9.90. The highest BCUT2D eigenvalue weighted by Crippen LogP contribution is 2.14. The maximum atomic E-state index is 13.4. The Morgan fingerprint density at radius 2 is 1.96 bits per heavy atom. The topological polar surface area (TPSA) is 108 Å². The Morgan fingerprint density at radius 3 is 2.52 bits per heavy atom. The van der Waals surface area contributed by atoms with Crippen molar-refractivity contribution in [2.24, 2.45) is 5.92 Å². The lowest BCUT2D eigenvalue weighted by Gasteiger charge is -2.27. The van der Waals surface area contributed by atoms with Crippen LogP contribution in [0.1, 0.15) is 31.1 Å². The van der Waals surface area contributed by atoms with Crippen LogP contribution in [0.4, 0.5) is 4.39 Å². The van der Waals surface area contributed by atoms with Gasteiger partial charge in [0.15, 0.2) is 6.61 Å². The molecule has 25 heavy (non-hydrogen) atoms. The molecule has 0 aromatic heterocycles. The smallest absolute Gasteiger partial charge is 0.325 e. The molecule has 0 bridgehead atoms. The number of ether oxygens (including phenoxy) is 1. The molecule has 8 heteroatoms. The van der Waals surface area contributed by atoms with E-state index in [4.69, 9.17) is 10.00 Å². The predicted octanol–water partition coefficient (Wildman–Crippen LogP) is 1.15. The Morgan fingerprint density at radius 1 is 1.32 bits per heavy atom. The van der Waals surface area contributed by atoms with Crippen LogP contribution < -0.4 is 10.6 Å². The SMILES string of the molecule is CC(C)[C@@](C)(C#N)NC(=O)COC(=O)CNC(=O)c1ccccc1F. The zero-order chi connectivity index (χ0) is 19.0. The monoisotopic (exact) mass is 349 g/mol.